The predicted molar refractivity (Wildman–Crippen MR) is 86.2 cm³/mol. The van der Waals surface area contributed by atoms with Crippen LogP contribution in [0.4, 0.5) is 4.39 Å². The summed E-state index contributed by atoms with van der Waals surface area (Å²) >= 11 is 9.24. The Balaban J connectivity index is 2.00. The lowest BCUT2D eigenvalue weighted by Crippen LogP contribution is -2.34. The Bertz CT molecular complexity index is 625. The van der Waals surface area contributed by atoms with Crippen LogP contribution in [0.25, 0.3) is 0 Å². The summed E-state index contributed by atoms with van der Waals surface area (Å²) in [5.74, 6) is -0.452. The number of carbonyl (C=O) groups excluding carboxylic acids is 1. The predicted octanol–water partition coefficient (Wildman–Crippen LogP) is 4.60. The molecule has 2 aromatic rings. The molecule has 1 N–H and O–H groups in total. The van der Waals surface area contributed by atoms with E-state index in [9.17, 15) is 9.18 Å². The lowest BCUT2D eigenvalue weighted by atomic mass is 10.1. The van der Waals surface area contributed by atoms with Crippen molar-refractivity contribution in [3.63, 3.8) is 0 Å². The summed E-state index contributed by atoms with van der Waals surface area (Å²) in [5, 5.41) is 3.40. The Hall–Kier alpha value is -1.39. The summed E-state index contributed by atoms with van der Waals surface area (Å²) in [5.41, 5.74) is 1.47. The van der Waals surface area contributed by atoms with Crippen molar-refractivity contribution in [3.8, 4) is 0 Å². The molecule has 0 spiro atoms. The molecular formula is C16H14BrClFNO. The van der Waals surface area contributed by atoms with Crippen LogP contribution in [0.2, 0.25) is 5.02 Å². The molecule has 2 rings (SSSR count). The molecule has 0 fully saturated rings. The number of hydrogen-bond donors (Lipinski definition) is 1. The quantitative estimate of drug-likeness (QED) is 0.837. The Morgan fingerprint density at radius 2 is 1.95 bits per heavy atom. The zero-order valence-electron chi connectivity index (χ0n) is 11.4. The first kappa shape index (κ1) is 16.0. The Morgan fingerprint density at radius 3 is 2.57 bits per heavy atom. The van der Waals surface area contributed by atoms with Gasteiger partial charge in [0, 0.05) is 21.1 Å². The van der Waals surface area contributed by atoms with Gasteiger partial charge in [-0.25, -0.2) is 4.39 Å². The van der Waals surface area contributed by atoms with Crippen molar-refractivity contribution in [2.24, 2.45) is 0 Å². The number of benzene rings is 2. The van der Waals surface area contributed by atoms with E-state index >= 15 is 0 Å². The molecule has 1 unspecified atom stereocenters. The van der Waals surface area contributed by atoms with Crippen molar-refractivity contribution in [1.29, 1.82) is 0 Å². The van der Waals surface area contributed by atoms with Gasteiger partial charge >= 0.3 is 0 Å². The summed E-state index contributed by atoms with van der Waals surface area (Å²) in [6.07, 6.45) is 0.633. The van der Waals surface area contributed by atoms with Crippen LogP contribution < -0.4 is 5.32 Å². The third kappa shape index (κ3) is 4.83. The average molecular weight is 371 g/mol. The van der Waals surface area contributed by atoms with E-state index in [2.05, 4.69) is 21.2 Å². The summed E-state index contributed by atoms with van der Waals surface area (Å²) < 4.78 is 13.6. The van der Waals surface area contributed by atoms with Crippen LogP contribution in [0.5, 0.6) is 0 Å². The van der Waals surface area contributed by atoms with Crippen LogP contribution in [0.1, 0.15) is 22.8 Å². The molecule has 21 heavy (non-hydrogen) atoms. The molecule has 0 saturated carbocycles. The molecule has 0 bridgehead atoms. The molecule has 110 valence electrons. The second-order valence-electron chi connectivity index (χ2n) is 4.86. The fourth-order valence-electron chi connectivity index (χ4n) is 2.02. The number of carbonyl (C=O) groups is 1. The van der Waals surface area contributed by atoms with Crippen LogP contribution >= 0.6 is 27.5 Å². The van der Waals surface area contributed by atoms with Gasteiger partial charge in [-0.2, -0.15) is 0 Å². The molecule has 0 heterocycles. The number of rotatable bonds is 4. The van der Waals surface area contributed by atoms with E-state index in [1.165, 1.54) is 12.1 Å². The van der Waals surface area contributed by atoms with E-state index < -0.39 is 0 Å². The van der Waals surface area contributed by atoms with Crippen LogP contribution in [-0.4, -0.2) is 11.9 Å². The first-order chi connectivity index (χ1) is 9.94. The van der Waals surface area contributed by atoms with Gasteiger partial charge in [-0.3, -0.25) is 4.79 Å². The molecule has 0 aromatic heterocycles. The first-order valence-corrected chi connectivity index (χ1v) is 7.62. The number of halogens is 3. The van der Waals surface area contributed by atoms with Crippen LogP contribution in [0, 0.1) is 5.82 Å². The second-order valence-corrected chi connectivity index (χ2v) is 6.22. The molecule has 0 aliphatic rings. The van der Waals surface area contributed by atoms with Gasteiger partial charge in [-0.15, -0.1) is 0 Å². The Morgan fingerprint density at radius 1 is 1.29 bits per heavy atom. The van der Waals surface area contributed by atoms with Crippen molar-refractivity contribution < 1.29 is 9.18 Å². The molecule has 0 aliphatic heterocycles. The smallest absolute Gasteiger partial charge is 0.251 e. The Labute approximate surface area is 136 Å². The van der Waals surface area contributed by atoms with Gasteiger partial charge in [-0.1, -0.05) is 39.7 Å². The van der Waals surface area contributed by atoms with Crippen molar-refractivity contribution in [1.82, 2.24) is 5.32 Å². The monoisotopic (exact) mass is 369 g/mol. The first-order valence-electron chi connectivity index (χ1n) is 6.45. The highest BCUT2D eigenvalue weighted by molar-refractivity contribution is 9.10. The van der Waals surface area contributed by atoms with Crippen LogP contribution in [0.3, 0.4) is 0 Å². The minimum absolute atomic E-state index is 0.0688. The third-order valence-corrected chi connectivity index (χ3v) is 3.63. The van der Waals surface area contributed by atoms with Gasteiger partial charge in [0.2, 0.25) is 0 Å². The van der Waals surface area contributed by atoms with E-state index in [0.717, 1.165) is 10.0 Å². The lowest BCUT2D eigenvalue weighted by molar-refractivity contribution is 0.0940. The van der Waals surface area contributed by atoms with Gasteiger partial charge in [0.25, 0.3) is 5.91 Å². The highest BCUT2D eigenvalue weighted by Gasteiger charge is 2.11. The standard InChI is InChI=1S/C16H14BrClFNO/c1-10(6-11-2-4-15(19)5-3-11)20-16(21)12-7-13(17)9-14(18)8-12/h2-5,7-10H,6H2,1H3,(H,20,21). The van der Waals surface area contributed by atoms with Crippen LogP contribution in [-0.2, 0) is 6.42 Å². The van der Waals surface area contributed by atoms with Gasteiger partial charge in [0.1, 0.15) is 5.82 Å². The van der Waals surface area contributed by atoms with E-state index in [-0.39, 0.29) is 17.8 Å². The maximum absolute atomic E-state index is 12.8. The van der Waals surface area contributed by atoms with Crippen molar-refractivity contribution >= 4 is 33.4 Å². The maximum atomic E-state index is 12.8. The fraction of sp³-hybridized carbons (Fsp3) is 0.188. The Kier molecular flexibility index (Phi) is 5.37. The summed E-state index contributed by atoms with van der Waals surface area (Å²) in [4.78, 5) is 12.2. The maximum Gasteiger partial charge on any atom is 0.251 e. The molecule has 0 aliphatic carbocycles. The van der Waals surface area contributed by atoms with Gasteiger partial charge in [0.15, 0.2) is 0 Å². The molecule has 0 radical (unpaired) electrons. The largest absolute Gasteiger partial charge is 0.349 e. The SMILES string of the molecule is CC(Cc1ccc(F)cc1)NC(=O)c1cc(Cl)cc(Br)c1. The highest BCUT2D eigenvalue weighted by atomic mass is 79.9. The molecular weight excluding hydrogens is 357 g/mol. The number of hydrogen-bond acceptors (Lipinski definition) is 1. The number of amides is 1. The van der Waals surface area contributed by atoms with E-state index in [1.54, 1.807) is 30.3 Å². The number of nitrogens with one attached hydrogen (secondary N) is 1. The zero-order chi connectivity index (χ0) is 15.4. The lowest BCUT2D eigenvalue weighted by Gasteiger charge is -2.14. The van der Waals surface area contributed by atoms with E-state index in [4.69, 9.17) is 11.6 Å². The third-order valence-electron chi connectivity index (χ3n) is 2.96. The van der Waals surface area contributed by atoms with Crippen molar-refractivity contribution in [2.75, 3.05) is 0 Å². The molecule has 2 nitrogen and oxygen atoms in total. The normalized spacial score (nSPS) is 12.0. The fourth-order valence-corrected chi connectivity index (χ4v) is 2.88. The minimum atomic E-state index is -0.265. The summed E-state index contributed by atoms with van der Waals surface area (Å²) in [6.45, 7) is 1.90. The van der Waals surface area contributed by atoms with E-state index in [0.29, 0.717) is 17.0 Å². The molecule has 1 amide bonds. The van der Waals surface area contributed by atoms with Gasteiger partial charge in [0.05, 0.1) is 0 Å². The molecule has 0 saturated heterocycles. The minimum Gasteiger partial charge on any atom is -0.349 e. The summed E-state index contributed by atoms with van der Waals surface area (Å²) in [7, 11) is 0. The van der Waals surface area contributed by atoms with Crippen molar-refractivity contribution in [3.05, 3.63) is 68.9 Å². The topological polar surface area (TPSA) is 29.1 Å². The zero-order valence-corrected chi connectivity index (χ0v) is 13.7. The van der Waals surface area contributed by atoms with E-state index in [1.807, 2.05) is 6.92 Å². The second kappa shape index (κ2) is 7.05. The van der Waals surface area contributed by atoms with Crippen molar-refractivity contribution in [2.45, 2.75) is 19.4 Å². The van der Waals surface area contributed by atoms with Crippen LogP contribution in [0.15, 0.2) is 46.9 Å². The average Bonchev–Trinajstić information content (AvgIpc) is 2.40. The van der Waals surface area contributed by atoms with Gasteiger partial charge in [-0.05, 0) is 49.2 Å². The summed E-state index contributed by atoms with van der Waals surface area (Å²) in [6, 6.07) is 11.2. The highest BCUT2D eigenvalue weighted by Crippen LogP contribution is 2.19. The molecule has 1 atom stereocenters. The van der Waals surface area contributed by atoms with Gasteiger partial charge < -0.3 is 5.32 Å². The molecule has 2 aromatic carbocycles. The molecule has 5 heteroatoms.